The fourth-order valence-corrected chi connectivity index (χ4v) is 1.10. The van der Waals surface area contributed by atoms with Gasteiger partial charge in [0.05, 0.1) is 5.56 Å². The summed E-state index contributed by atoms with van der Waals surface area (Å²) in [5.41, 5.74) is 0.604. The first-order chi connectivity index (χ1) is 6.29. The zero-order chi connectivity index (χ0) is 9.68. The van der Waals surface area contributed by atoms with Crippen molar-refractivity contribution in [2.24, 2.45) is 0 Å². The van der Waals surface area contributed by atoms with Crippen LogP contribution in [0.4, 0.5) is 5.82 Å². The Bertz CT molecular complexity index is 310. The molecule has 1 aromatic heterocycles. The summed E-state index contributed by atoms with van der Waals surface area (Å²) in [6.07, 6.45) is 4.24. The molecule has 0 amide bonds. The molecule has 1 aromatic rings. The van der Waals surface area contributed by atoms with Gasteiger partial charge in [-0.3, -0.25) is 4.79 Å². The number of aromatic nitrogens is 1. The molecule has 0 aromatic carbocycles. The van der Waals surface area contributed by atoms with E-state index in [0.29, 0.717) is 17.9 Å². The van der Waals surface area contributed by atoms with Crippen LogP contribution < -0.4 is 4.90 Å². The molecule has 0 aliphatic carbocycles. The molecule has 0 N–H and O–H groups in total. The van der Waals surface area contributed by atoms with E-state index in [-0.39, 0.29) is 0 Å². The lowest BCUT2D eigenvalue weighted by atomic mass is 10.2. The fraction of sp³-hybridized carbons (Fsp3) is 0.200. The van der Waals surface area contributed by atoms with Crippen LogP contribution >= 0.6 is 0 Å². The van der Waals surface area contributed by atoms with Crippen LogP contribution in [0.1, 0.15) is 10.4 Å². The SMILES string of the molecule is C=CCN(C)c1ncccc1C=O. The van der Waals surface area contributed by atoms with Crippen molar-refractivity contribution in [1.29, 1.82) is 0 Å². The predicted molar refractivity (Wildman–Crippen MR) is 53.1 cm³/mol. The highest BCUT2D eigenvalue weighted by Crippen LogP contribution is 2.12. The van der Waals surface area contributed by atoms with E-state index in [1.807, 2.05) is 11.9 Å². The van der Waals surface area contributed by atoms with Crippen LogP contribution in [0, 0.1) is 0 Å². The van der Waals surface area contributed by atoms with Crippen molar-refractivity contribution in [3.8, 4) is 0 Å². The standard InChI is InChI=1S/C10H12N2O/c1-3-7-12(2)10-9(8-13)5-4-6-11-10/h3-6,8H,1,7H2,2H3. The van der Waals surface area contributed by atoms with E-state index in [2.05, 4.69) is 11.6 Å². The molecule has 3 heteroatoms. The Morgan fingerprint density at radius 3 is 3.08 bits per heavy atom. The van der Waals surface area contributed by atoms with E-state index in [0.717, 1.165) is 6.29 Å². The second kappa shape index (κ2) is 4.40. The van der Waals surface area contributed by atoms with Gasteiger partial charge in [-0.1, -0.05) is 6.08 Å². The molecule has 0 fully saturated rings. The van der Waals surface area contributed by atoms with Crippen molar-refractivity contribution in [2.75, 3.05) is 18.5 Å². The van der Waals surface area contributed by atoms with Gasteiger partial charge in [-0.2, -0.15) is 0 Å². The van der Waals surface area contributed by atoms with Crippen molar-refractivity contribution in [2.45, 2.75) is 0 Å². The average molecular weight is 176 g/mol. The maximum Gasteiger partial charge on any atom is 0.153 e. The summed E-state index contributed by atoms with van der Waals surface area (Å²) >= 11 is 0. The molecule has 0 spiro atoms. The Morgan fingerprint density at radius 1 is 1.69 bits per heavy atom. The normalized spacial score (nSPS) is 9.31. The highest BCUT2D eigenvalue weighted by molar-refractivity contribution is 5.82. The largest absolute Gasteiger partial charge is 0.355 e. The van der Waals surface area contributed by atoms with Gasteiger partial charge in [-0.25, -0.2) is 4.98 Å². The van der Waals surface area contributed by atoms with Crippen LogP contribution in [-0.4, -0.2) is 24.9 Å². The molecule has 0 saturated heterocycles. The maximum absolute atomic E-state index is 10.6. The lowest BCUT2D eigenvalue weighted by Crippen LogP contribution is -2.19. The molecule has 0 aliphatic heterocycles. The van der Waals surface area contributed by atoms with Crippen molar-refractivity contribution in [3.63, 3.8) is 0 Å². The third-order valence-corrected chi connectivity index (χ3v) is 1.71. The van der Waals surface area contributed by atoms with Gasteiger partial charge in [0.25, 0.3) is 0 Å². The summed E-state index contributed by atoms with van der Waals surface area (Å²) in [7, 11) is 1.87. The summed E-state index contributed by atoms with van der Waals surface area (Å²) in [4.78, 5) is 16.6. The Labute approximate surface area is 77.7 Å². The molecule has 1 heterocycles. The van der Waals surface area contributed by atoms with Crippen LogP contribution in [0.3, 0.4) is 0 Å². The average Bonchev–Trinajstić information content (AvgIpc) is 2.18. The van der Waals surface area contributed by atoms with Gasteiger partial charge in [-0.05, 0) is 12.1 Å². The minimum Gasteiger partial charge on any atom is -0.355 e. The molecule has 68 valence electrons. The molecule has 3 nitrogen and oxygen atoms in total. The monoisotopic (exact) mass is 176 g/mol. The Morgan fingerprint density at radius 2 is 2.46 bits per heavy atom. The molecule has 0 unspecified atom stereocenters. The van der Waals surface area contributed by atoms with E-state index in [9.17, 15) is 4.79 Å². The van der Waals surface area contributed by atoms with Gasteiger partial charge in [0.2, 0.25) is 0 Å². The zero-order valence-electron chi connectivity index (χ0n) is 7.60. The summed E-state index contributed by atoms with van der Waals surface area (Å²) in [5.74, 6) is 0.692. The molecular formula is C10H12N2O. The maximum atomic E-state index is 10.6. The van der Waals surface area contributed by atoms with Gasteiger partial charge in [0, 0.05) is 19.8 Å². The lowest BCUT2D eigenvalue weighted by Gasteiger charge is -2.16. The molecular weight excluding hydrogens is 164 g/mol. The number of nitrogens with zero attached hydrogens (tertiary/aromatic N) is 2. The smallest absolute Gasteiger partial charge is 0.153 e. The van der Waals surface area contributed by atoms with Crippen LogP contribution in [-0.2, 0) is 0 Å². The van der Waals surface area contributed by atoms with Gasteiger partial charge in [0.1, 0.15) is 5.82 Å². The molecule has 13 heavy (non-hydrogen) atoms. The molecule has 0 radical (unpaired) electrons. The summed E-state index contributed by atoms with van der Waals surface area (Å²) in [6.45, 7) is 4.30. The highest BCUT2D eigenvalue weighted by atomic mass is 16.1. The van der Waals surface area contributed by atoms with Crippen LogP contribution in [0.2, 0.25) is 0 Å². The van der Waals surface area contributed by atoms with E-state index >= 15 is 0 Å². The second-order valence-electron chi connectivity index (χ2n) is 2.70. The molecule has 0 atom stereocenters. The van der Waals surface area contributed by atoms with Crippen LogP contribution in [0.15, 0.2) is 31.0 Å². The van der Waals surface area contributed by atoms with Gasteiger partial charge in [-0.15, -0.1) is 6.58 Å². The van der Waals surface area contributed by atoms with E-state index in [1.54, 1.807) is 24.4 Å². The first kappa shape index (κ1) is 9.45. The van der Waals surface area contributed by atoms with Gasteiger partial charge in [0.15, 0.2) is 6.29 Å². The van der Waals surface area contributed by atoms with E-state index in [4.69, 9.17) is 0 Å². The number of hydrogen-bond donors (Lipinski definition) is 0. The lowest BCUT2D eigenvalue weighted by molar-refractivity contribution is 0.112. The Hall–Kier alpha value is -1.64. The molecule has 0 saturated carbocycles. The second-order valence-corrected chi connectivity index (χ2v) is 2.70. The molecule has 0 aliphatic rings. The Balaban J connectivity index is 2.97. The number of pyridine rings is 1. The first-order valence-corrected chi connectivity index (χ1v) is 4.02. The quantitative estimate of drug-likeness (QED) is 0.515. The molecule has 0 bridgehead atoms. The van der Waals surface area contributed by atoms with E-state index < -0.39 is 0 Å². The number of anilines is 1. The van der Waals surface area contributed by atoms with Crippen molar-refractivity contribution in [3.05, 3.63) is 36.5 Å². The topological polar surface area (TPSA) is 33.2 Å². The van der Waals surface area contributed by atoms with Crippen molar-refractivity contribution in [1.82, 2.24) is 4.98 Å². The number of hydrogen-bond acceptors (Lipinski definition) is 3. The number of carbonyl (C=O) groups is 1. The van der Waals surface area contributed by atoms with Gasteiger partial charge < -0.3 is 4.90 Å². The predicted octanol–water partition coefficient (Wildman–Crippen LogP) is 1.52. The molecule has 1 rings (SSSR count). The third-order valence-electron chi connectivity index (χ3n) is 1.71. The fourth-order valence-electron chi connectivity index (χ4n) is 1.10. The number of likely N-dealkylation sites (N-methyl/N-ethyl adjacent to an activating group) is 1. The number of aldehydes is 1. The summed E-state index contributed by atoms with van der Waals surface area (Å²) in [6, 6.07) is 3.49. The number of carbonyl (C=O) groups excluding carboxylic acids is 1. The highest BCUT2D eigenvalue weighted by Gasteiger charge is 2.05. The summed E-state index contributed by atoms with van der Waals surface area (Å²) < 4.78 is 0. The third kappa shape index (κ3) is 2.15. The minimum absolute atomic E-state index is 0.604. The van der Waals surface area contributed by atoms with Crippen molar-refractivity contribution < 1.29 is 4.79 Å². The summed E-state index contributed by atoms with van der Waals surface area (Å²) in [5, 5.41) is 0. The Kier molecular flexibility index (Phi) is 3.20. The van der Waals surface area contributed by atoms with Crippen LogP contribution in [0.25, 0.3) is 0 Å². The van der Waals surface area contributed by atoms with Gasteiger partial charge >= 0.3 is 0 Å². The first-order valence-electron chi connectivity index (χ1n) is 4.02. The number of rotatable bonds is 4. The zero-order valence-corrected chi connectivity index (χ0v) is 7.60. The van der Waals surface area contributed by atoms with E-state index in [1.165, 1.54) is 0 Å². The van der Waals surface area contributed by atoms with Crippen LogP contribution in [0.5, 0.6) is 0 Å². The van der Waals surface area contributed by atoms with Crippen molar-refractivity contribution >= 4 is 12.1 Å². The minimum atomic E-state index is 0.604.